The zero-order valence-electron chi connectivity index (χ0n) is 11.9. The average molecular weight is 349 g/mol. The number of carbonyl (C=O) groups excluding carboxylic acids is 1. The Morgan fingerprint density at radius 1 is 1.29 bits per heavy atom. The van der Waals surface area contributed by atoms with E-state index in [4.69, 9.17) is 11.6 Å². The van der Waals surface area contributed by atoms with Gasteiger partial charge in [0.05, 0.1) is 0 Å². The summed E-state index contributed by atoms with van der Waals surface area (Å²) >= 11 is 7.61. The van der Waals surface area contributed by atoms with Crippen molar-refractivity contribution < 1.29 is 4.79 Å². The van der Waals surface area contributed by atoms with Crippen molar-refractivity contribution in [3.05, 3.63) is 29.3 Å². The van der Waals surface area contributed by atoms with Gasteiger partial charge in [-0.25, -0.2) is 0 Å². The minimum absolute atomic E-state index is 0. The van der Waals surface area contributed by atoms with Crippen molar-refractivity contribution in [2.24, 2.45) is 0 Å². The van der Waals surface area contributed by atoms with Crippen molar-refractivity contribution in [2.75, 3.05) is 18.8 Å². The van der Waals surface area contributed by atoms with E-state index in [1.54, 1.807) is 11.8 Å². The van der Waals surface area contributed by atoms with Crippen LogP contribution in [-0.4, -0.2) is 30.8 Å². The molecule has 0 bridgehead atoms. The highest BCUT2D eigenvalue weighted by atomic mass is 35.5. The molecule has 0 unspecified atom stereocenters. The number of halogens is 2. The van der Waals surface area contributed by atoms with Gasteiger partial charge < -0.3 is 10.6 Å². The molecule has 118 valence electrons. The van der Waals surface area contributed by atoms with E-state index in [0.29, 0.717) is 12.5 Å². The number of amides is 1. The Balaban J connectivity index is 0.00000220. The summed E-state index contributed by atoms with van der Waals surface area (Å²) in [7, 11) is 0. The van der Waals surface area contributed by atoms with Crippen LogP contribution in [-0.2, 0) is 4.79 Å². The molecule has 1 aromatic carbocycles. The van der Waals surface area contributed by atoms with Crippen LogP contribution in [0.3, 0.4) is 0 Å². The van der Waals surface area contributed by atoms with Gasteiger partial charge in [-0.05, 0) is 62.4 Å². The monoisotopic (exact) mass is 348 g/mol. The Bertz CT molecular complexity index is 422. The molecule has 6 heteroatoms. The first kappa shape index (κ1) is 18.6. The van der Waals surface area contributed by atoms with Crippen LogP contribution >= 0.6 is 35.8 Å². The topological polar surface area (TPSA) is 41.1 Å². The van der Waals surface area contributed by atoms with Crippen molar-refractivity contribution in [3.8, 4) is 0 Å². The van der Waals surface area contributed by atoms with Gasteiger partial charge in [0.2, 0.25) is 5.91 Å². The van der Waals surface area contributed by atoms with Gasteiger partial charge in [0.1, 0.15) is 0 Å². The van der Waals surface area contributed by atoms with Gasteiger partial charge in [-0.3, -0.25) is 4.79 Å². The summed E-state index contributed by atoms with van der Waals surface area (Å²) in [4.78, 5) is 13.0. The number of hydrogen-bond donors (Lipinski definition) is 2. The lowest BCUT2D eigenvalue weighted by Gasteiger charge is -2.23. The summed E-state index contributed by atoms with van der Waals surface area (Å²) in [6.45, 7) is 2.02. The second-order valence-corrected chi connectivity index (χ2v) is 6.60. The van der Waals surface area contributed by atoms with Crippen LogP contribution in [0.2, 0.25) is 5.02 Å². The smallest absolute Gasteiger partial charge is 0.220 e. The van der Waals surface area contributed by atoms with E-state index in [0.717, 1.165) is 43.1 Å². The van der Waals surface area contributed by atoms with Gasteiger partial charge >= 0.3 is 0 Å². The molecular formula is C15H22Cl2N2OS. The average Bonchev–Trinajstić information content (AvgIpc) is 2.46. The Morgan fingerprint density at radius 3 is 2.62 bits per heavy atom. The predicted octanol–water partition coefficient (Wildman–Crippen LogP) is 3.50. The first-order chi connectivity index (χ1) is 9.74. The maximum absolute atomic E-state index is 11.8. The quantitative estimate of drug-likeness (QED) is 0.610. The summed E-state index contributed by atoms with van der Waals surface area (Å²) in [5.41, 5.74) is 0. The molecular weight excluding hydrogens is 327 g/mol. The minimum atomic E-state index is 0. The number of nitrogens with one attached hydrogen (secondary N) is 2. The summed E-state index contributed by atoms with van der Waals surface area (Å²) in [6, 6.07) is 8.19. The molecule has 2 N–H and O–H groups in total. The number of hydrogen-bond acceptors (Lipinski definition) is 3. The van der Waals surface area contributed by atoms with Gasteiger partial charge in [0.15, 0.2) is 0 Å². The van der Waals surface area contributed by atoms with Crippen LogP contribution in [0.4, 0.5) is 0 Å². The summed E-state index contributed by atoms with van der Waals surface area (Å²) in [5.74, 6) is 1.15. The molecule has 1 amide bonds. The molecule has 0 saturated carbocycles. The fraction of sp³-hybridized carbons (Fsp3) is 0.533. The van der Waals surface area contributed by atoms with Crippen LogP contribution in [0.25, 0.3) is 0 Å². The zero-order valence-corrected chi connectivity index (χ0v) is 14.3. The number of rotatable bonds is 6. The first-order valence-electron chi connectivity index (χ1n) is 7.12. The van der Waals surface area contributed by atoms with Crippen molar-refractivity contribution in [1.82, 2.24) is 10.6 Å². The highest BCUT2D eigenvalue weighted by Gasteiger charge is 2.14. The minimum Gasteiger partial charge on any atom is -0.353 e. The van der Waals surface area contributed by atoms with E-state index in [1.165, 1.54) is 4.90 Å². The van der Waals surface area contributed by atoms with Gasteiger partial charge in [-0.15, -0.1) is 24.2 Å². The Labute approximate surface area is 142 Å². The molecule has 1 fully saturated rings. The normalized spacial score (nSPS) is 15.3. The SMILES string of the molecule is Cl.O=C(CCCSc1ccc(Cl)cc1)NC1CCNCC1. The Morgan fingerprint density at radius 2 is 1.95 bits per heavy atom. The van der Waals surface area contributed by atoms with E-state index in [2.05, 4.69) is 10.6 Å². The van der Waals surface area contributed by atoms with Crippen molar-refractivity contribution in [2.45, 2.75) is 36.6 Å². The highest BCUT2D eigenvalue weighted by molar-refractivity contribution is 7.99. The van der Waals surface area contributed by atoms with Crippen LogP contribution in [0, 0.1) is 0 Å². The molecule has 0 aliphatic carbocycles. The van der Waals surface area contributed by atoms with Crippen molar-refractivity contribution in [3.63, 3.8) is 0 Å². The highest BCUT2D eigenvalue weighted by Crippen LogP contribution is 2.21. The molecule has 1 aliphatic rings. The van der Waals surface area contributed by atoms with Crippen molar-refractivity contribution >= 4 is 41.7 Å². The molecule has 1 aliphatic heterocycles. The standard InChI is InChI=1S/C15H21ClN2OS.ClH/c16-12-3-5-14(6-4-12)20-11-1-2-15(19)18-13-7-9-17-10-8-13;/h3-6,13,17H,1-2,7-11H2,(H,18,19);1H. The predicted molar refractivity (Wildman–Crippen MR) is 92.7 cm³/mol. The third-order valence-corrected chi connectivity index (χ3v) is 4.69. The second kappa shape index (κ2) is 10.3. The fourth-order valence-corrected chi connectivity index (χ4v) is 3.20. The molecule has 21 heavy (non-hydrogen) atoms. The van der Waals surface area contributed by atoms with E-state index < -0.39 is 0 Å². The number of carbonyl (C=O) groups is 1. The molecule has 0 spiro atoms. The molecule has 1 heterocycles. The lowest BCUT2D eigenvalue weighted by molar-refractivity contribution is -0.121. The van der Waals surface area contributed by atoms with Gasteiger partial charge in [-0.1, -0.05) is 11.6 Å². The zero-order chi connectivity index (χ0) is 14.2. The summed E-state index contributed by atoms with van der Waals surface area (Å²) < 4.78 is 0. The van der Waals surface area contributed by atoms with E-state index in [1.807, 2.05) is 24.3 Å². The molecule has 0 aromatic heterocycles. The molecule has 0 radical (unpaired) electrons. The Hall–Kier alpha value is -0.420. The third-order valence-electron chi connectivity index (χ3n) is 3.33. The number of benzene rings is 1. The lowest BCUT2D eigenvalue weighted by atomic mass is 10.1. The second-order valence-electron chi connectivity index (χ2n) is 5.00. The van der Waals surface area contributed by atoms with Crippen LogP contribution in [0.5, 0.6) is 0 Å². The van der Waals surface area contributed by atoms with E-state index in [9.17, 15) is 4.79 Å². The maximum Gasteiger partial charge on any atom is 0.220 e. The number of piperidine rings is 1. The summed E-state index contributed by atoms with van der Waals surface area (Å²) in [6.07, 6.45) is 3.62. The first-order valence-corrected chi connectivity index (χ1v) is 8.49. The number of thioether (sulfide) groups is 1. The van der Waals surface area contributed by atoms with E-state index in [-0.39, 0.29) is 18.3 Å². The molecule has 2 rings (SSSR count). The van der Waals surface area contributed by atoms with Gasteiger partial charge in [-0.2, -0.15) is 0 Å². The third kappa shape index (κ3) is 7.41. The molecule has 1 saturated heterocycles. The summed E-state index contributed by atoms with van der Waals surface area (Å²) in [5, 5.41) is 7.18. The lowest BCUT2D eigenvalue weighted by Crippen LogP contribution is -2.42. The fourth-order valence-electron chi connectivity index (χ4n) is 2.22. The van der Waals surface area contributed by atoms with Crippen LogP contribution in [0.1, 0.15) is 25.7 Å². The molecule has 0 atom stereocenters. The van der Waals surface area contributed by atoms with Crippen LogP contribution in [0.15, 0.2) is 29.2 Å². The Kier molecular flexibility index (Phi) is 9.16. The van der Waals surface area contributed by atoms with Crippen molar-refractivity contribution in [1.29, 1.82) is 0 Å². The maximum atomic E-state index is 11.8. The molecule has 3 nitrogen and oxygen atoms in total. The van der Waals surface area contributed by atoms with Gasteiger partial charge in [0, 0.05) is 22.4 Å². The van der Waals surface area contributed by atoms with E-state index >= 15 is 0 Å². The van der Waals surface area contributed by atoms with Gasteiger partial charge in [0.25, 0.3) is 0 Å². The van der Waals surface area contributed by atoms with Crippen LogP contribution < -0.4 is 10.6 Å². The molecule has 1 aromatic rings. The largest absolute Gasteiger partial charge is 0.353 e.